The third kappa shape index (κ3) is 3.87. The number of nitrogens with zero attached hydrogens (tertiary/aromatic N) is 1. The molecule has 0 radical (unpaired) electrons. The van der Waals surface area contributed by atoms with E-state index in [0.29, 0.717) is 30.1 Å². The summed E-state index contributed by atoms with van der Waals surface area (Å²) in [6.07, 6.45) is 0.969. The number of hydroxylamine groups is 2. The smallest absolute Gasteiger partial charge is 0.338 e. The van der Waals surface area contributed by atoms with Gasteiger partial charge in [-0.25, -0.2) is 9.86 Å². The predicted molar refractivity (Wildman–Crippen MR) is 75.7 cm³/mol. The first-order valence-electron chi connectivity index (χ1n) is 6.96. The fraction of sp³-hybridized carbons (Fsp3) is 0.533. The molecule has 0 heterocycles. The zero-order chi connectivity index (χ0) is 14.7. The van der Waals surface area contributed by atoms with Crippen LogP contribution < -0.4 is 10.5 Å². The highest BCUT2D eigenvalue weighted by molar-refractivity contribution is 5.70. The molecule has 0 unspecified atom stereocenters. The highest BCUT2D eigenvalue weighted by atomic mass is 16.5. The van der Waals surface area contributed by atoms with E-state index in [1.807, 2.05) is 24.3 Å². The van der Waals surface area contributed by atoms with Crippen molar-refractivity contribution in [3.63, 3.8) is 0 Å². The molecule has 0 aliphatic heterocycles. The molecule has 0 saturated heterocycles. The van der Waals surface area contributed by atoms with Crippen LogP contribution in [0.5, 0.6) is 5.75 Å². The van der Waals surface area contributed by atoms with Gasteiger partial charge in [0.25, 0.3) is 0 Å². The highest BCUT2D eigenvalue weighted by Gasteiger charge is 2.39. The van der Waals surface area contributed by atoms with Crippen LogP contribution in [0.3, 0.4) is 0 Å². The van der Waals surface area contributed by atoms with E-state index in [2.05, 4.69) is 13.8 Å². The van der Waals surface area contributed by atoms with Gasteiger partial charge in [-0.05, 0) is 41.9 Å². The second kappa shape index (κ2) is 6.13. The largest absolute Gasteiger partial charge is 0.493 e. The van der Waals surface area contributed by atoms with Gasteiger partial charge in [0.2, 0.25) is 0 Å². The number of hydrogen-bond acceptors (Lipinski definition) is 3. The van der Waals surface area contributed by atoms with Crippen LogP contribution in [-0.4, -0.2) is 29.5 Å². The van der Waals surface area contributed by atoms with Crippen molar-refractivity contribution in [2.45, 2.75) is 26.2 Å². The summed E-state index contributed by atoms with van der Waals surface area (Å²) in [6, 6.07) is 7.24. The minimum Gasteiger partial charge on any atom is -0.493 e. The molecule has 0 bridgehead atoms. The number of carbonyl (C=O) groups excluding carboxylic acids is 1. The minimum atomic E-state index is -0.798. The number of carbonyl (C=O) groups is 1. The topological polar surface area (TPSA) is 75.8 Å². The fourth-order valence-corrected chi connectivity index (χ4v) is 2.24. The summed E-state index contributed by atoms with van der Waals surface area (Å²) in [7, 11) is 0. The van der Waals surface area contributed by atoms with E-state index in [4.69, 9.17) is 10.5 Å². The highest BCUT2D eigenvalue weighted by Crippen LogP contribution is 2.47. The van der Waals surface area contributed by atoms with Crippen LogP contribution >= 0.6 is 0 Å². The van der Waals surface area contributed by atoms with Crippen LogP contribution in [-0.2, 0) is 0 Å². The maximum Gasteiger partial charge on any atom is 0.338 e. The number of primary amides is 1. The zero-order valence-corrected chi connectivity index (χ0v) is 12.0. The van der Waals surface area contributed by atoms with Gasteiger partial charge in [-0.2, -0.15) is 0 Å². The lowest BCUT2D eigenvalue weighted by Gasteiger charge is -2.11. The van der Waals surface area contributed by atoms with E-state index < -0.39 is 6.03 Å². The molecule has 20 heavy (non-hydrogen) atoms. The minimum absolute atomic E-state index is 0.287. The van der Waals surface area contributed by atoms with Gasteiger partial charge >= 0.3 is 6.03 Å². The van der Waals surface area contributed by atoms with Gasteiger partial charge in [0.05, 0.1) is 13.2 Å². The molecule has 1 aromatic rings. The van der Waals surface area contributed by atoms with Crippen LogP contribution in [0.1, 0.15) is 31.7 Å². The number of benzene rings is 1. The third-order valence-corrected chi connectivity index (χ3v) is 3.48. The summed E-state index contributed by atoms with van der Waals surface area (Å²) in [5.74, 6) is 2.06. The van der Waals surface area contributed by atoms with Crippen LogP contribution in [0.2, 0.25) is 0 Å². The summed E-state index contributed by atoms with van der Waals surface area (Å²) in [5.41, 5.74) is 6.21. The lowest BCUT2D eigenvalue weighted by atomic mass is 10.1. The standard InChI is InChI=1S/C15H22N2O3/c1-10(2)9-20-13-5-3-11(4-6-13)14-7-12(14)8-17(19)15(16)18/h3-6,10,12,14,19H,7-9H2,1-2H3,(H2,16,18)/t12-,14-/m0/s1. The molecule has 2 atom stereocenters. The van der Waals surface area contributed by atoms with E-state index in [1.54, 1.807) is 0 Å². The van der Waals surface area contributed by atoms with Crippen molar-refractivity contribution in [3.05, 3.63) is 29.8 Å². The molecule has 1 fully saturated rings. The maximum absolute atomic E-state index is 10.8. The van der Waals surface area contributed by atoms with Crippen LogP contribution in [0, 0.1) is 11.8 Å². The third-order valence-electron chi connectivity index (χ3n) is 3.48. The molecule has 2 amide bonds. The molecule has 1 aromatic carbocycles. The van der Waals surface area contributed by atoms with Gasteiger partial charge in [-0.1, -0.05) is 26.0 Å². The van der Waals surface area contributed by atoms with Gasteiger partial charge in [-0.15, -0.1) is 0 Å². The summed E-state index contributed by atoms with van der Waals surface area (Å²) >= 11 is 0. The van der Waals surface area contributed by atoms with Crippen molar-refractivity contribution in [2.75, 3.05) is 13.2 Å². The number of amides is 2. The zero-order valence-electron chi connectivity index (χ0n) is 12.0. The predicted octanol–water partition coefficient (Wildman–Crippen LogP) is 2.59. The molecular weight excluding hydrogens is 256 g/mol. The summed E-state index contributed by atoms with van der Waals surface area (Å²) in [5, 5.41) is 9.89. The molecule has 0 aromatic heterocycles. The van der Waals surface area contributed by atoms with E-state index in [0.717, 1.165) is 12.2 Å². The van der Waals surface area contributed by atoms with E-state index in [1.165, 1.54) is 5.56 Å². The van der Waals surface area contributed by atoms with E-state index >= 15 is 0 Å². The molecule has 110 valence electrons. The summed E-state index contributed by atoms with van der Waals surface area (Å²) in [4.78, 5) is 10.8. The number of nitrogens with two attached hydrogens (primary N) is 1. The van der Waals surface area contributed by atoms with Crippen molar-refractivity contribution < 1.29 is 14.7 Å². The molecule has 5 heteroatoms. The van der Waals surface area contributed by atoms with Gasteiger partial charge in [-0.3, -0.25) is 5.21 Å². The van der Waals surface area contributed by atoms with Crippen LogP contribution in [0.4, 0.5) is 4.79 Å². The van der Waals surface area contributed by atoms with Crippen molar-refractivity contribution in [3.8, 4) is 5.75 Å². The van der Waals surface area contributed by atoms with Gasteiger partial charge in [0.15, 0.2) is 0 Å². The lowest BCUT2D eigenvalue weighted by Crippen LogP contribution is -2.34. The lowest BCUT2D eigenvalue weighted by molar-refractivity contribution is -0.0431. The Morgan fingerprint density at radius 3 is 2.65 bits per heavy atom. The number of rotatable bonds is 6. The Morgan fingerprint density at radius 1 is 1.45 bits per heavy atom. The first-order chi connectivity index (χ1) is 9.47. The fourth-order valence-electron chi connectivity index (χ4n) is 2.24. The Hall–Kier alpha value is -1.75. The first-order valence-corrected chi connectivity index (χ1v) is 6.96. The van der Waals surface area contributed by atoms with Crippen molar-refractivity contribution in [1.82, 2.24) is 5.06 Å². The summed E-state index contributed by atoms with van der Waals surface area (Å²) in [6.45, 7) is 5.24. The molecular formula is C15H22N2O3. The number of urea groups is 1. The van der Waals surface area contributed by atoms with Crippen molar-refractivity contribution in [1.29, 1.82) is 0 Å². The molecule has 1 saturated carbocycles. The Labute approximate surface area is 119 Å². The SMILES string of the molecule is CC(C)COc1ccc([C@@H]2C[C@H]2CN(O)C(N)=O)cc1. The Morgan fingerprint density at radius 2 is 2.10 bits per heavy atom. The van der Waals surface area contributed by atoms with Gasteiger partial charge in [0, 0.05) is 0 Å². The normalized spacial score (nSPS) is 20.8. The second-order valence-electron chi connectivity index (χ2n) is 5.80. The average Bonchev–Trinajstić information content (AvgIpc) is 3.16. The van der Waals surface area contributed by atoms with Crippen molar-refractivity contribution >= 4 is 6.03 Å². The molecule has 2 rings (SSSR count). The second-order valence-corrected chi connectivity index (χ2v) is 5.80. The molecule has 1 aliphatic rings. The summed E-state index contributed by atoms with van der Waals surface area (Å²) < 4.78 is 5.64. The molecule has 5 nitrogen and oxygen atoms in total. The Balaban J connectivity index is 1.84. The van der Waals surface area contributed by atoms with Crippen molar-refractivity contribution in [2.24, 2.45) is 17.6 Å². The molecule has 0 spiro atoms. The molecule has 1 aliphatic carbocycles. The van der Waals surface area contributed by atoms with Gasteiger partial charge < -0.3 is 10.5 Å². The average molecular weight is 278 g/mol. The van der Waals surface area contributed by atoms with E-state index in [9.17, 15) is 10.0 Å². The maximum atomic E-state index is 10.8. The molecule has 3 N–H and O–H groups in total. The Bertz CT molecular complexity index is 459. The Kier molecular flexibility index (Phi) is 4.49. The number of ether oxygens (including phenoxy) is 1. The first kappa shape index (κ1) is 14.7. The van der Waals surface area contributed by atoms with Crippen LogP contribution in [0.25, 0.3) is 0 Å². The van der Waals surface area contributed by atoms with E-state index in [-0.39, 0.29) is 5.92 Å². The number of hydrogen-bond donors (Lipinski definition) is 2. The van der Waals surface area contributed by atoms with Crippen LogP contribution in [0.15, 0.2) is 24.3 Å². The van der Waals surface area contributed by atoms with Gasteiger partial charge in [0.1, 0.15) is 5.75 Å². The monoisotopic (exact) mass is 278 g/mol. The quantitative estimate of drug-likeness (QED) is 0.620.